The van der Waals surface area contributed by atoms with Crippen LogP contribution in [0.3, 0.4) is 0 Å². The lowest BCUT2D eigenvalue weighted by Crippen LogP contribution is -2.13. The van der Waals surface area contributed by atoms with Crippen molar-refractivity contribution in [1.29, 1.82) is 0 Å². The van der Waals surface area contributed by atoms with Gasteiger partial charge in [-0.1, -0.05) is 23.2 Å². The van der Waals surface area contributed by atoms with Crippen LogP contribution in [-0.4, -0.2) is 46.7 Å². The molecule has 6 heteroatoms. The van der Waals surface area contributed by atoms with Crippen LogP contribution >= 0.6 is 23.2 Å². The molecule has 1 aromatic carbocycles. The van der Waals surface area contributed by atoms with Gasteiger partial charge in [0.15, 0.2) is 0 Å². The third-order valence-corrected chi connectivity index (χ3v) is 3.33. The summed E-state index contributed by atoms with van der Waals surface area (Å²) >= 11 is 12.2. The number of rotatable bonds is 10. The van der Waals surface area contributed by atoms with Crippen molar-refractivity contribution in [1.82, 2.24) is 0 Å². The standard InChI is InChI=1S/C14H21Cl2NO3/c1-11-9-13(16)14(10-12(11)15)17-3-4-19-7-8-20-6-5-18-2/h9-10,17H,3-8H2,1-2H3. The Morgan fingerprint density at radius 2 is 1.60 bits per heavy atom. The SMILES string of the molecule is COCCOCCOCCNc1cc(Cl)c(C)cc1Cl. The van der Waals surface area contributed by atoms with Crippen molar-refractivity contribution in [2.24, 2.45) is 0 Å². The third-order valence-electron chi connectivity index (χ3n) is 2.61. The molecule has 0 aliphatic heterocycles. The highest BCUT2D eigenvalue weighted by Gasteiger charge is 2.03. The molecule has 0 bridgehead atoms. The van der Waals surface area contributed by atoms with Crippen LogP contribution in [0.2, 0.25) is 10.0 Å². The molecular formula is C14H21Cl2NO3. The zero-order chi connectivity index (χ0) is 14.8. The fraction of sp³-hybridized carbons (Fsp3) is 0.571. The highest BCUT2D eigenvalue weighted by atomic mass is 35.5. The van der Waals surface area contributed by atoms with Gasteiger partial charge in [-0.05, 0) is 24.6 Å². The fourth-order valence-corrected chi connectivity index (χ4v) is 1.95. The maximum absolute atomic E-state index is 6.12. The van der Waals surface area contributed by atoms with E-state index in [1.54, 1.807) is 7.11 Å². The molecule has 0 heterocycles. The lowest BCUT2D eigenvalue weighted by molar-refractivity contribution is 0.0272. The highest BCUT2D eigenvalue weighted by molar-refractivity contribution is 6.35. The average Bonchev–Trinajstić information content (AvgIpc) is 2.42. The first-order valence-electron chi connectivity index (χ1n) is 6.49. The van der Waals surface area contributed by atoms with Crippen LogP contribution in [0, 0.1) is 6.92 Å². The summed E-state index contributed by atoms with van der Waals surface area (Å²) in [5.41, 5.74) is 1.79. The van der Waals surface area contributed by atoms with E-state index in [-0.39, 0.29) is 0 Å². The molecule has 4 nitrogen and oxygen atoms in total. The molecule has 0 radical (unpaired) electrons. The predicted octanol–water partition coefficient (Wildman–Crippen LogP) is 3.39. The van der Waals surface area contributed by atoms with Crippen molar-refractivity contribution in [2.45, 2.75) is 6.92 Å². The van der Waals surface area contributed by atoms with E-state index in [2.05, 4.69) is 5.32 Å². The van der Waals surface area contributed by atoms with Crippen LogP contribution in [0.25, 0.3) is 0 Å². The molecule has 0 aliphatic carbocycles. The number of benzene rings is 1. The van der Waals surface area contributed by atoms with Gasteiger partial charge in [-0.3, -0.25) is 0 Å². The maximum atomic E-state index is 6.12. The lowest BCUT2D eigenvalue weighted by Gasteiger charge is -2.11. The summed E-state index contributed by atoms with van der Waals surface area (Å²) < 4.78 is 15.6. The molecule has 0 atom stereocenters. The number of nitrogens with one attached hydrogen (secondary N) is 1. The third kappa shape index (κ3) is 6.77. The van der Waals surface area contributed by atoms with Gasteiger partial charge in [0.1, 0.15) is 0 Å². The molecule has 0 amide bonds. The smallest absolute Gasteiger partial charge is 0.0701 e. The topological polar surface area (TPSA) is 39.7 Å². The van der Waals surface area contributed by atoms with Crippen LogP contribution in [0.15, 0.2) is 12.1 Å². The summed E-state index contributed by atoms with van der Waals surface area (Å²) in [6.45, 7) is 5.50. The van der Waals surface area contributed by atoms with E-state index in [4.69, 9.17) is 37.4 Å². The Kier molecular flexibility index (Phi) is 8.98. The molecule has 20 heavy (non-hydrogen) atoms. The molecule has 1 aromatic rings. The van der Waals surface area contributed by atoms with E-state index < -0.39 is 0 Å². The zero-order valence-corrected chi connectivity index (χ0v) is 13.4. The van der Waals surface area contributed by atoms with Crippen molar-refractivity contribution < 1.29 is 14.2 Å². The summed E-state index contributed by atoms with van der Waals surface area (Å²) in [6.07, 6.45) is 0. The van der Waals surface area contributed by atoms with Crippen LogP contribution in [0.4, 0.5) is 5.69 Å². The van der Waals surface area contributed by atoms with Crippen molar-refractivity contribution >= 4 is 28.9 Å². The first kappa shape index (κ1) is 17.5. The molecule has 1 rings (SSSR count). The Morgan fingerprint density at radius 3 is 2.30 bits per heavy atom. The minimum atomic E-state index is 0.563. The van der Waals surface area contributed by atoms with Gasteiger partial charge < -0.3 is 19.5 Å². The number of ether oxygens (including phenoxy) is 3. The van der Waals surface area contributed by atoms with Crippen LogP contribution < -0.4 is 5.32 Å². The first-order chi connectivity index (χ1) is 9.65. The summed E-state index contributed by atoms with van der Waals surface area (Å²) in [7, 11) is 1.65. The normalized spacial score (nSPS) is 10.8. The minimum Gasteiger partial charge on any atom is -0.382 e. The summed E-state index contributed by atoms with van der Waals surface area (Å²) in [4.78, 5) is 0. The molecule has 0 unspecified atom stereocenters. The maximum Gasteiger partial charge on any atom is 0.0701 e. The van der Waals surface area contributed by atoms with Crippen molar-refractivity contribution in [3.05, 3.63) is 27.7 Å². The second kappa shape index (κ2) is 10.2. The van der Waals surface area contributed by atoms with Crippen LogP contribution in [0.5, 0.6) is 0 Å². The molecule has 0 saturated heterocycles. The van der Waals surface area contributed by atoms with E-state index in [1.165, 1.54) is 0 Å². The summed E-state index contributed by atoms with van der Waals surface area (Å²) in [6, 6.07) is 3.67. The van der Waals surface area contributed by atoms with Crippen molar-refractivity contribution in [2.75, 3.05) is 52.0 Å². The molecule has 0 fully saturated rings. The lowest BCUT2D eigenvalue weighted by atomic mass is 10.2. The van der Waals surface area contributed by atoms with Crippen molar-refractivity contribution in [3.63, 3.8) is 0 Å². The van der Waals surface area contributed by atoms with Gasteiger partial charge in [0.2, 0.25) is 0 Å². The second-order valence-corrected chi connectivity index (χ2v) is 5.04. The average molecular weight is 322 g/mol. The first-order valence-corrected chi connectivity index (χ1v) is 7.24. The number of methoxy groups -OCH3 is 1. The van der Waals surface area contributed by atoms with Gasteiger partial charge in [0.05, 0.1) is 43.7 Å². The number of aryl methyl sites for hydroxylation is 1. The highest BCUT2D eigenvalue weighted by Crippen LogP contribution is 2.28. The molecule has 1 N–H and O–H groups in total. The fourth-order valence-electron chi connectivity index (χ4n) is 1.50. The largest absolute Gasteiger partial charge is 0.382 e. The Labute approximate surface area is 130 Å². The van der Waals surface area contributed by atoms with Crippen molar-refractivity contribution in [3.8, 4) is 0 Å². The molecule has 0 aliphatic rings. The van der Waals surface area contributed by atoms with Gasteiger partial charge >= 0.3 is 0 Å². The Balaban J connectivity index is 2.11. The zero-order valence-electron chi connectivity index (χ0n) is 11.9. The van der Waals surface area contributed by atoms with E-state index in [0.717, 1.165) is 11.3 Å². The molecule has 0 spiro atoms. The van der Waals surface area contributed by atoms with Crippen LogP contribution in [-0.2, 0) is 14.2 Å². The monoisotopic (exact) mass is 321 g/mol. The molecule has 0 aromatic heterocycles. The minimum absolute atomic E-state index is 0.563. The quantitative estimate of drug-likeness (QED) is 0.670. The molecular weight excluding hydrogens is 301 g/mol. The van der Waals surface area contributed by atoms with Gasteiger partial charge in [0, 0.05) is 18.7 Å². The van der Waals surface area contributed by atoms with E-state index in [0.29, 0.717) is 49.6 Å². The van der Waals surface area contributed by atoms with E-state index in [9.17, 15) is 0 Å². The Hall–Kier alpha value is -0.520. The number of hydrogen-bond donors (Lipinski definition) is 1. The Bertz CT molecular complexity index is 402. The summed E-state index contributed by atoms with van der Waals surface area (Å²) in [5.74, 6) is 0. The molecule has 0 saturated carbocycles. The van der Waals surface area contributed by atoms with Gasteiger partial charge in [-0.15, -0.1) is 0 Å². The predicted molar refractivity (Wildman–Crippen MR) is 83.2 cm³/mol. The van der Waals surface area contributed by atoms with Gasteiger partial charge in [-0.25, -0.2) is 0 Å². The van der Waals surface area contributed by atoms with Gasteiger partial charge in [-0.2, -0.15) is 0 Å². The number of halogens is 2. The number of anilines is 1. The van der Waals surface area contributed by atoms with E-state index >= 15 is 0 Å². The summed E-state index contributed by atoms with van der Waals surface area (Å²) in [5, 5.41) is 4.55. The Morgan fingerprint density at radius 1 is 0.950 bits per heavy atom. The number of hydrogen-bond acceptors (Lipinski definition) is 4. The second-order valence-electron chi connectivity index (χ2n) is 4.23. The van der Waals surface area contributed by atoms with E-state index in [1.807, 2.05) is 19.1 Å². The molecule has 114 valence electrons. The van der Waals surface area contributed by atoms with Gasteiger partial charge in [0.25, 0.3) is 0 Å². The van der Waals surface area contributed by atoms with Crippen LogP contribution in [0.1, 0.15) is 5.56 Å².